The summed E-state index contributed by atoms with van der Waals surface area (Å²) >= 11 is 0. The summed E-state index contributed by atoms with van der Waals surface area (Å²) in [5.41, 5.74) is -3.53. The van der Waals surface area contributed by atoms with E-state index in [9.17, 15) is 29.1 Å². The van der Waals surface area contributed by atoms with E-state index in [-0.39, 0.29) is 75.4 Å². The van der Waals surface area contributed by atoms with E-state index in [1.165, 1.54) is 44.9 Å². The predicted molar refractivity (Wildman–Crippen MR) is 296 cm³/mol. The SMILES string of the molecule is CCC(C)(C)C(=O)OC1(C(C)(C)C)CCCC1.CCC(C)(C)C(=O)OC1(CC)CC2CC1C1C3CCC(C3)C21.CCC(C)(C)C(=O)OC12CC3CC(CC(O)(C3)C1)C2.CCC(C)(C)C(=O)OC12CCCCC1OC(=O)C2. The molecule has 1 saturated heterocycles. The minimum Gasteiger partial charge on any atom is -0.459 e. The van der Waals surface area contributed by atoms with Crippen LogP contribution in [0.2, 0.25) is 0 Å². The van der Waals surface area contributed by atoms with Gasteiger partial charge in [-0.1, -0.05) is 55.4 Å². The van der Waals surface area contributed by atoms with Crippen LogP contribution in [0.25, 0.3) is 0 Å². The Labute approximate surface area is 460 Å². The van der Waals surface area contributed by atoms with Crippen LogP contribution in [0.1, 0.15) is 271 Å². The van der Waals surface area contributed by atoms with Gasteiger partial charge in [-0.25, -0.2) is 0 Å². The van der Waals surface area contributed by atoms with Crippen molar-refractivity contribution in [2.45, 2.75) is 305 Å². The summed E-state index contributed by atoms with van der Waals surface area (Å²) < 4.78 is 29.3. The maximum atomic E-state index is 12.7. The van der Waals surface area contributed by atoms with Crippen molar-refractivity contribution in [3.05, 3.63) is 0 Å². The van der Waals surface area contributed by atoms with E-state index >= 15 is 0 Å². The number of hydrogen-bond acceptors (Lipinski definition) is 11. The zero-order valence-corrected chi connectivity index (χ0v) is 50.9. The summed E-state index contributed by atoms with van der Waals surface area (Å²) in [4.78, 5) is 61.1. The molecule has 76 heavy (non-hydrogen) atoms. The number of ether oxygens (including phenoxy) is 5. The van der Waals surface area contributed by atoms with Gasteiger partial charge >= 0.3 is 29.8 Å². The lowest BCUT2D eigenvalue weighted by Crippen LogP contribution is -2.61. The Morgan fingerprint density at radius 1 is 0.553 bits per heavy atom. The average molecular weight is 1070 g/mol. The zero-order chi connectivity index (χ0) is 56.3. The van der Waals surface area contributed by atoms with E-state index in [1.54, 1.807) is 0 Å². The summed E-state index contributed by atoms with van der Waals surface area (Å²) in [6.45, 7) is 32.6. The number of esters is 5. The third-order valence-corrected chi connectivity index (χ3v) is 22.8. The second-order valence-electron chi connectivity index (χ2n) is 30.5. The monoisotopic (exact) mass is 1060 g/mol. The molecule has 0 aromatic heterocycles. The average Bonchev–Trinajstić information content (AvgIpc) is 4.22. The minimum atomic E-state index is -0.682. The Morgan fingerprint density at radius 2 is 1.04 bits per heavy atom. The molecule has 434 valence electrons. The van der Waals surface area contributed by atoms with Gasteiger partial charge in [-0.15, -0.1) is 0 Å². The highest BCUT2D eigenvalue weighted by Gasteiger charge is 2.68. The first-order valence-corrected chi connectivity index (χ1v) is 31.1. The largest absolute Gasteiger partial charge is 0.459 e. The lowest BCUT2D eigenvalue weighted by molar-refractivity contribution is -0.225. The van der Waals surface area contributed by atoms with Crippen LogP contribution in [0.4, 0.5) is 0 Å². The number of rotatable bonds is 13. The van der Waals surface area contributed by atoms with E-state index in [0.29, 0.717) is 24.2 Å². The highest BCUT2D eigenvalue weighted by atomic mass is 16.6. The van der Waals surface area contributed by atoms with Crippen molar-refractivity contribution in [1.29, 1.82) is 0 Å². The molecule has 1 aliphatic heterocycles. The van der Waals surface area contributed by atoms with Gasteiger partial charge in [0.25, 0.3) is 0 Å². The lowest BCUT2D eigenvalue weighted by atomic mass is 9.52. The van der Waals surface area contributed by atoms with Gasteiger partial charge in [0.05, 0.1) is 33.7 Å². The molecule has 11 rings (SSSR count). The molecule has 0 aromatic rings. The zero-order valence-electron chi connectivity index (χ0n) is 50.9. The second kappa shape index (κ2) is 22.0. The third kappa shape index (κ3) is 12.0. The quantitative estimate of drug-likeness (QED) is 0.107. The second-order valence-corrected chi connectivity index (χ2v) is 30.5. The van der Waals surface area contributed by atoms with Crippen molar-refractivity contribution in [2.24, 2.45) is 74.4 Å². The first kappa shape index (κ1) is 60.9. The molecular weight excluding hydrogens is 957 g/mol. The Bertz CT molecular complexity index is 2090. The number of aliphatic hydroxyl groups is 1. The fourth-order valence-corrected chi connectivity index (χ4v) is 16.5. The Kier molecular flexibility index (Phi) is 17.6. The molecule has 0 aromatic carbocycles. The summed E-state index contributed by atoms with van der Waals surface area (Å²) in [6, 6.07) is 0. The molecule has 11 fully saturated rings. The molecule has 11 nitrogen and oxygen atoms in total. The maximum absolute atomic E-state index is 12.7. The highest BCUT2D eigenvalue weighted by Crippen LogP contribution is 2.71. The molecule has 11 unspecified atom stereocenters. The van der Waals surface area contributed by atoms with Gasteiger partial charge in [-0.3, -0.25) is 24.0 Å². The fraction of sp³-hybridized carbons (Fsp3) is 0.923. The van der Waals surface area contributed by atoms with Crippen LogP contribution in [-0.2, 0) is 47.7 Å². The van der Waals surface area contributed by atoms with Crippen LogP contribution >= 0.6 is 0 Å². The van der Waals surface area contributed by atoms with Crippen LogP contribution in [-0.4, -0.2) is 69.1 Å². The van der Waals surface area contributed by atoms with Crippen molar-refractivity contribution in [2.75, 3.05) is 0 Å². The van der Waals surface area contributed by atoms with E-state index in [4.69, 9.17) is 23.7 Å². The van der Waals surface area contributed by atoms with Crippen LogP contribution in [0.3, 0.4) is 0 Å². The van der Waals surface area contributed by atoms with Crippen molar-refractivity contribution < 1.29 is 52.8 Å². The smallest absolute Gasteiger partial charge is 0.312 e. The van der Waals surface area contributed by atoms with Gasteiger partial charge in [0.15, 0.2) is 5.60 Å². The van der Waals surface area contributed by atoms with E-state index in [0.717, 1.165) is 132 Å². The van der Waals surface area contributed by atoms with Gasteiger partial charge in [-0.05, 0) is 244 Å². The Hall–Kier alpha value is -2.69. The third-order valence-electron chi connectivity index (χ3n) is 22.8. The molecule has 0 radical (unpaired) electrons. The van der Waals surface area contributed by atoms with Gasteiger partial charge in [0, 0.05) is 17.8 Å². The van der Waals surface area contributed by atoms with Crippen LogP contribution in [0.5, 0.6) is 0 Å². The standard InChI is InChI=1S/C20H32O2.C16H26O3.C15H28O2.C14H22O4/c1-5-19(3,4)18(21)22-20(6-2)11-14-10-15(20)17-13-8-7-12(9-13)16(14)17;1-4-14(2,3)13(17)19-16-8-11-5-12(9-16)7-15(18,6-11)10-16;1-7-14(5,6)12(16)17-15(13(2,3)4)10-8-9-11-15;1-4-13(2,3)12(16)18-14-8-6-5-7-10(14)17-11(15)9-14/h12-17H,5-11H2,1-4H3;11-12,18H,4-10H2,1-3H3;7-11H2,1-6H3;10H,4-9H2,1-3H3. The minimum absolute atomic E-state index is 0.0307. The number of carbonyl (C=O) groups is 5. The van der Waals surface area contributed by atoms with E-state index < -0.39 is 22.0 Å². The molecule has 1 heterocycles. The number of carbonyl (C=O) groups excluding carboxylic acids is 5. The van der Waals surface area contributed by atoms with Gasteiger partial charge in [0.1, 0.15) is 22.9 Å². The van der Waals surface area contributed by atoms with Crippen molar-refractivity contribution >= 4 is 29.8 Å². The summed E-state index contributed by atoms with van der Waals surface area (Å²) in [7, 11) is 0. The summed E-state index contributed by atoms with van der Waals surface area (Å²) in [6.07, 6.45) is 24.8. The lowest BCUT2D eigenvalue weighted by Gasteiger charge is -2.59. The first-order valence-electron chi connectivity index (χ1n) is 31.1. The molecule has 11 heteroatoms. The van der Waals surface area contributed by atoms with Crippen molar-refractivity contribution in [3.63, 3.8) is 0 Å². The number of hydrogen-bond donors (Lipinski definition) is 1. The molecule has 11 aliphatic rings. The molecule has 8 bridgehead atoms. The molecule has 0 spiro atoms. The first-order chi connectivity index (χ1) is 35.2. The predicted octanol–water partition coefficient (Wildman–Crippen LogP) is 14.8. The molecular formula is C65H108O11. The van der Waals surface area contributed by atoms with Crippen LogP contribution in [0.15, 0.2) is 0 Å². The molecule has 0 amide bonds. The van der Waals surface area contributed by atoms with Gasteiger partial charge in [0.2, 0.25) is 0 Å². The molecule has 10 aliphatic carbocycles. The van der Waals surface area contributed by atoms with E-state index in [2.05, 4.69) is 34.6 Å². The summed E-state index contributed by atoms with van der Waals surface area (Å²) in [5.74, 6) is 5.96. The molecule has 11 atom stereocenters. The summed E-state index contributed by atoms with van der Waals surface area (Å²) in [5, 5.41) is 10.6. The van der Waals surface area contributed by atoms with Crippen LogP contribution in [0, 0.1) is 74.4 Å². The van der Waals surface area contributed by atoms with Crippen LogP contribution < -0.4 is 0 Å². The fourth-order valence-electron chi connectivity index (χ4n) is 16.5. The van der Waals surface area contributed by atoms with Gasteiger partial charge in [-0.2, -0.15) is 0 Å². The highest BCUT2D eigenvalue weighted by molar-refractivity contribution is 5.79. The maximum Gasteiger partial charge on any atom is 0.312 e. The van der Waals surface area contributed by atoms with Crippen molar-refractivity contribution in [3.8, 4) is 0 Å². The normalized spacial score (nSPS) is 37.3. The number of fused-ring (bicyclic) bond motifs is 10. The van der Waals surface area contributed by atoms with E-state index in [1.807, 2.05) is 76.2 Å². The molecule has 10 saturated carbocycles. The Morgan fingerprint density at radius 3 is 1.54 bits per heavy atom. The molecule has 1 N–H and O–H groups in total. The van der Waals surface area contributed by atoms with Gasteiger partial charge < -0.3 is 28.8 Å². The topological polar surface area (TPSA) is 152 Å². The Balaban J connectivity index is 0.000000148. The van der Waals surface area contributed by atoms with Crippen molar-refractivity contribution in [1.82, 2.24) is 0 Å².